The first kappa shape index (κ1) is 22.4. The van der Waals surface area contributed by atoms with Crippen molar-refractivity contribution in [2.45, 2.75) is 49.5 Å². The molecule has 168 valence electrons. The Morgan fingerprint density at radius 2 is 1.75 bits per heavy atom. The molecular weight excluding hydrogens is 422 g/mol. The normalized spacial score (nSPS) is 15.2. The van der Waals surface area contributed by atoms with Crippen molar-refractivity contribution in [3.8, 4) is 0 Å². The Kier molecular flexibility index (Phi) is 6.86. The summed E-state index contributed by atoms with van der Waals surface area (Å²) in [4.78, 5) is 16.8. The molecule has 3 aromatic rings. The molecule has 1 heterocycles. The van der Waals surface area contributed by atoms with Gasteiger partial charge in [0.15, 0.2) is 0 Å². The first-order valence-corrected chi connectivity index (χ1v) is 12.5. The molecule has 0 atom stereocenters. The van der Waals surface area contributed by atoms with Crippen molar-refractivity contribution in [2.75, 3.05) is 13.6 Å². The zero-order valence-corrected chi connectivity index (χ0v) is 19.1. The monoisotopic (exact) mass is 451 g/mol. The van der Waals surface area contributed by atoms with Crippen LogP contribution in [0.25, 0.3) is 10.9 Å². The van der Waals surface area contributed by atoms with Gasteiger partial charge in [0.1, 0.15) is 4.90 Å². The Morgan fingerprint density at radius 3 is 2.50 bits per heavy atom. The van der Waals surface area contributed by atoms with E-state index < -0.39 is 10.0 Å². The number of amides is 1. The van der Waals surface area contributed by atoms with E-state index in [9.17, 15) is 13.2 Å². The summed E-state index contributed by atoms with van der Waals surface area (Å²) in [7, 11) is -2.44. The number of benzene rings is 2. The molecule has 1 fully saturated rings. The molecule has 1 amide bonds. The molecule has 0 spiro atoms. The van der Waals surface area contributed by atoms with Gasteiger partial charge in [0.2, 0.25) is 15.9 Å². The van der Waals surface area contributed by atoms with Gasteiger partial charge in [-0.2, -0.15) is 4.31 Å². The van der Waals surface area contributed by atoms with Gasteiger partial charge >= 0.3 is 0 Å². The van der Waals surface area contributed by atoms with Gasteiger partial charge in [-0.15, -0.1) is 0 Å². The highest BCUT2D eigenvalue weighted by atomic mass is 32.2. The fraction of sp³-hybridized carbons (Fsp3) is 0.360. The standard InChI is InChI=1S/C25H29N3O3S/c1-28(32(30,31)23-11-5-9-22-10-6-16-26-25(22)23)18-24(29)27-17-19-12-14-21(15-13-19)20-7-3-2-4-8-20/h5-6,9-16,20H,2-4,7-8,17-18H2,1H3,(H,27,29). The molecule has 0 radical (unpaired) electrons. The lowest BCUT2D eigenvalue weighted by atomic mass is 9.84. The van der Waals surface area contributed by atoms with Crippen molar-refractivity contribution in [1.29, 1.82) is 0 Å². The van der Waals surface area contributed by atoms with E-state index in [1.165, 1.54) is 50.8 Å². The second kappa shape index (κ2) is 9.79. The number of nitrogens with one attached hydrogen (secondary N) is 1. The smallest absolute Gasteiger partial charge is 0.245 e. The largest absolute Gasteiger partial charge is 0.351 e. The summed E-state index contributed by atoms with van der Waals surface area (Å²) in [6.45, 7) is 0.110. The number of para-hydroxylation sites is 1. The molecular formula is C25H29N3O3S. The topological polar surface area (TPSA) is 79.4 Å². The molecule has 1 N–H and O–H groups in total. The van der Waals surface area contributed by atoms with Crippen LogP contribution in [0.2, 0.25) is 0 Å². The molecule has 0 bridgehead atoms. The highest BCUT2D eigenvalue weighted by Crippen LogP contribution is 2.32. The summed E-state index contributed by atoms with van der Waals surface area (Å²) in [6.07, 6.45) is 8.00. The number of likely N-dealkylation sites (N-methyl/N-ethyl adjacent to an activating group) is 1. The quantitative estimate of drug-likeness (QED) is 0.583. The number of aromatic nitrogens is 1. The third kappa shape index (κ3) is 5.00. The maximum atomic E-state index is 13.0. The third-order valence-corrected chi connectivity index (χ3v) is 8.03. The molecule has 2 aromatic carbocycles. The van der Waals surface area contributed by atoms with E-state index in [1.54, 1.807) is 18.3 Å². The summed E-state index contributed by atoms with van der Waals surface area (Å²) in [5.41, 5.74) is 2.77. The van der Waals surface area contributed by atoms with Crippen LogP contribution >= 0.6 is 0 Å². The number of carbonyl (C=O) groups is 1. The van der Waals surface area contributed by atoms with Crippen LogP contribution in [0.3, 0.4) is 0 Å². The van der Waals surface area contributed by atoms with E-state index >= 15 is 0 Å². The molecule has 0 unspecified atom stereocenters. The maximum absolute atomic E-state index is 13.0. The molecule has 1 aliphatic rings. The van der Waals surface area contributed by atoms with Gasteiger partial charge in [-0.1, -0.05) is 61.7 Å². The van der Waals surface area contributed by atoms with Gasteiger partial charge in [0, 0.05) is 25.2 Å². The SMILES string of the molecule is CN(CC(=O)NCc1ccc(C2CCCCC2)cc1)S(=O)(=O)c1cccc2cccnc12. The van der Waals surface area contributed by atoms with E-state index in [4.69, 9.17) is 0 Å². The van der Waals surface area contributed by atoms with Crippen LogP contribution in [0, 0.1) is 0 Å². The number of hydrogen-bond donors (Lipinski definition) is 1. The summed E-state index contributed by atoms with van der Waals surface area (Å²) in [6, 6.07) is 17.0. The number of hydrogen-bond acceptors (Lipinski definition) is 4. The van der Waals surface area contributed by atoms with E-state index in [-0.39, 0.29) is 17.3 Å². The highest BCUT2D eigenvalue weighted by Gasteiger charge is 2.25. The van der Waals surface area contributed by atoms with Crippen molar-refractivity contribution in [3.05, 3.63) is 71.9 Å². The van der Waals surface area contributed by atoms with E-state index in [0.717, 1.165) is 15.3 Å². The van der Waals surface area contributed by atoms with Gasteiger partial charge in [-0.05, 0) is 42.0 Å². The second-order valence-corrected chi connectivity index (χ2v) is 10.5. The zero-order valence-electron chi connectivity index (χ0n) is 18.3. The summed E-state index contributed by atoms with van der Waals surface area (Å²) >= 11 is 0. The van der Waals surface area contributed by atoms with Crippen LogP contribution in [-0.4, -0.2) is 37.2 Å². The number of rotatable bonds is 7. The molecule has 6 nitrogen and oxygen atoms in total. The Balaban J connectivity index is 1.36. The highest BCUT2D eigenvalue weighted by molar-refractivity contribution is 7.89. The van der Waals surface area contributed by atoms with Crippen molar-refractivity contribution in [3.63, 3.8) is 0 Å². The van der Waals surface area contributed by atoms with Gasteiger partial charge in [0.25, 0.3) is 0 Å². The minimum atomic E-state index is -3.85. The van der Waals surface area contributed by atoms with Gasteiger partial charge in [0.05, 0.1) is 12.1 Å². The lowest BCUT2D eigenvalue weighted by Crippen LogP contribution is -2.38. The zero-order chi connectivity index (χ0) is 22.6. The van der Waals surface area contributed by atoms with E-state index in [2.05, 4.69) is 22.4 Å². The Hall–Kier alpha value is -2.77. The van der Waals surface area contributed by atoms with Gasteiger partial charge < -0.3 is 5.32 Å². The summed E-state index contributed by atoms with van der Waals surface area (Å²) in [5, 5.41) is 3.57. The van der Waals surface area contributed by atoms with Crippen molar-refractivity contribution in [1.82, 2.24) is 14.6 Å². The molecule has 4 rings (SSSR count). The van der Waals surface area contributed by atoms with Crippen LogP contribution in [0.1, 0.15) is 49.1 Å². The first-order chi connectivity index (χ1) is 15.4. The van der Waals surface area contributed by atoms with Crippen LogP contribution in [-0.2, 0) is 21.4 Å². The molecule has 1 aromatic heterocycles. The number of fused-ring (bicyclic) bond motifs is 1. The number of pyridine rings is 1. The Morgan fingerprint density at radius 1 is 1.03 bits per heavy atom. The van der Waals surface area contributed by atoms with E-state index in [1.807, 2.05) is 24.3 Å². The van der Waals surface area contributed by atoms with Crippen LogP contribution in [0.4, 0.5) is 0 Å². The Bertz CT molecular complexity index is 1180. The molecule has 1 aliphatic carbocycles. The first-order valence-electron chi connectivity index (χ1n) is 11.1. The van der Waals surface area contributed by atoms with Crippen LogP contribution < -0.4 is 5.32 Å². The van der Waals surface area contributed by atoms with Gasteiger partial charge in [-0.25, -0.2) is 8.42 Å². The lowest BCUT2D eigenvalue weighted by molar-refractivity contribution is -0.121. The predicted molar refractivity (Wildman–Crippen MR) is 126 cm³/mol. The summed E-state index contributed by atoms with van der Waals surface area (Å²) in [5.74, 6) is 0.301. The molecule has 0 saturated heterocycles. The fourth-order valence-corrected chi connectivity index (χ4v) is 5.63. The van der Waals surface area contributed by atoms with Crippen molar-refractivity contribution in [2.24, 2.45) is 0 Å². The second-order valence-electron chi connectivity index (χ2n) is 8.45. The van der Waals surface area contributed by atoms with Crippen molar-refractivity contribution < 1.29 is 13.2 Å². The summed E-state index contributed by atoms with van der Waals surface area (Å²) < 4.78 is 27.2. The minimum absolute atomic E-state index is 0.101. The number of sulfonamides is 1. The maximum Gasteiger partial charge on any atom is 0.245 e. The number of nitrogens with zero attached hydrogens (tertiary/aromatic N) is 2. The van der Waals surface area contributed by atoms with Crippen LogP contribution in [0.15, 0.2) is 65.7 Å². The van der Waals surface area contributed by atoms with Gasteiger partial charge in [-0.3, -0.25) is 9.78 Å². The predicted octanol–water partition coefficient (Wildman–Crippen LogP) is 4.22. The third-order valence-electron chi connectivity index (χ3n) is 6.20. The Labute approximate surface area is 189 Å². The minimum Gasteiger partial charge on any atom is -0.351 e. The molecule has 0 aliphatic heterocycles. The van der Waals surface area contributed by atoms with Crippen LogP contribution in [0.5, 0.6) is 0 Å². The molecule has 1 saturated carbocycles. The molecule has 7 heteroatoms. The van der Waals surface area contributed by atoms with E-state index in [0.29, 0.717) is 18.0 Å². The average molecular weight is 452 g/mol. The number of carbonyl (C=O) groups excluding carboxylic acids is 1. The van der Waals surface area contributed by atoms with Crippen molar-refractivity contribution >= 4 is 26.8 Å². The fourth-order valence-electron chi connectivity index (χ4n) is 4.34. The molecule has 32 heavy (non-hydrogen) atoms. The average Bonchev–Trinajstić information content (AvgIpc) is 2.83. The lowest BCUT2D eigenvalue weighted by Gasteiger charge is -2.22.